The van der Waals surface area contributed by atoms with Crippen molar-refractivity contribution in [3.8, 4) is 6.07 Å². The molecule has 0 amide bonds. The second kappa shape index (κ2) is 5.66. The van der Waals surface area contributed by atoms with Gasteiger partial charge in [-0.3, -0.25) is 9.59 Å². The third-order valence-electron chi connectivity index (χ3n) is 8.05. The van der Waals surface area contributed by atoms with Crippen molar-refractivity contribution in [2.45, 2.75) is 58.5 Å². The molecular formula is C21H27NO4. The number of esters is 1. The first-order valence-electron chi connectivity index (χ1n) is 9.74. The van der Waals surface area contributed by atoms with Crippen molar-refractivity contribution in [2.24, 2.45) is 34.0 Å². The van der Waals surface area contributed by atoms with Crippen LogP contribution in [0.15, 0.2) is 12.2 Å². The third-order valence-corrected chi connectivity index (χ3v) is 8.05. The first-order chi connectivity index (χ1) is 12.3. The van der Waals surface area contributed by atoms with Crippen molar-refractivity contribution in [2.75, 3.05) is 6.61 Å². The Hall–Kier alpha value is -1.67. The highest BCUT2D eigenvalue weighted by Gasteiger charge is 2.76. The molecule has 0 saturated heterocycles. The van der Waals surface area contributed by atoms with Crippen molar-refractivity contribution in [1.29, 1.82) is 5.26 Å². The molecule has 1 N–H and O–H groups in total. The number of aliphatic hydroxyl groups is 1. The van der Waals surface area contributed by atoms with Crippen molar-refractivity contribution in [3.05, 3.63) is 12.2 Å². The van der Waals surface area contributed by atoms with E-state index >= 15 is 0 Å². The number of nitriles is 1. The molecule has 0 heterocycles. The topological polar surface area (TPSA) is 87.4 Å². The summed E-state index contributed by atoms with van der Waals surface area (Å²) in [6.45, 7) is 3.59. The Balaban J connectivity index is 1.80. The summed E-state index contributed by atoms with van der Waals surface area (Å²) in [6, 6.07) is 2.44. The lowest BCUT2D eigenvalue weighted by atomic mass is 9.44. The zero-order valence-corrected chi connectivity index (χ0v) is 15.5. The monoisotopic (exact) mass is 357 g/mol. The van der Waals surface area contributed by atoms with Gasteiger partial charge < -0.3 is 9.84 Å². The predicted octanol–water partition coefficient (Wildman–Crippen LogP) is 2.78. The van der Waals surface area contributed by atoms with E-state index < -0.39 is 16.9 Å². The number of hydrogen-bond acceptors (Lipinski definition) is 5. The molecule has 7 atom stereocenters. The summed E-state index contributed by atoms with van der Waals surface area (Å²) in [5, 5.41) is 21.3. The van der Waals surface area contributed by atoms with Gasteiger partial charge in [-0.05, 0) is 43.9 Å². The SMILES string of the molecule is CC(=O)OCC[C@]12CC(=O)[C@H]3[C@]4(CCC[C@@]3(C)C#N)C(O)[C@H]1C=CC[C@H]24. The van der Waals surface area contributed by atoms with Gasteiger partial charge in [0.25, 0.3) is 0 Å². The quantitative estimate of drug-likeness (QED) is 0.620. The largest absolute Gasteiger partial charge is 0.466 e. The van der Waals surface area contributed by atoms with Crippen molar-refractivity contribution in [3.63, 3.8) is 0 Å². The molecule has 1 unspecified atom stereocenters. The van der Waals surface area contributed by atoms with E-state index in [0.717, 1.165) is 25.7 Å². The fourth-order valence-electron chi connectivity index (χ4n) is 7.33. The van der Waals surface area contributed by atoms with E-state index in [9.17, 15) is 20.0 Å². The maximum absolute atomic E-state index is 13.3. The van der Waals surface area contributed by atoms with E-state index in [4.69, 9.17) is 4.74 Å². The molecule has 0 aromatic rings. The molecule has 5 heteroatoms. The van der Waals surface area contributed by atoms with Crippen LogP contribution in [0.3, 0.4) is 0 Å². The van der Waals surface area contributed by atoms with Crippen molar-refractivity contribution in [1.82, 2.24) is 0 Å². The Morgan fingerprint density at radius 3 is 2.92 bits per heavy atom. The molecule has 3 saturated carbocycles. The molecule has 0 aliphatic heterocycles. The molecule has 26 heavy (non-hydrogen) atoms. The number of aliphatic hydroxyl groups excluding tert-OH is 1. The summed E-state index contributed by atoms with van der Waals surface area (Å²) in [4.78, 5) is 24.6. The van der Waals surface area contributed by atoms with Crippen molar-refractivity contribution >= 4 is 11.8 Å². The average molecular weight is 357 g/mol. The minimum Gasteiger partial charge on any atom is -0.466 e. The number of Topliss-reactive ketones (excluding diaryl/α,β-unsaturated/α-hetero) is 1. The number of hydrogen-bond donors (Lipinski definition) is 1. The van der Waals surface area contributed by atoms with Gasteiger partial charge in [-0.1, -0.05) is 18.6 Å². The van der Waals surface area contributed by atoms with Crippen LogP contribution >= 0.6 is 0 Å². The van der Waals surface area contributed by atoms with Gasteiger partial charge in [-0.15, -0.1) is 0 Å². The standard InChI is InChI=1S/C21H27NO4/c1-13(23)26-10-9-20-11-15(24)17-19(2,12-22)7-4-8-21(17)16(20)6-3-5-14(20)18(21)25/h3,5,14,16-18,25H,4,6-11H2,1-2H3/t14-,16-,17-,18?,19+,20+,21-/m1/s1. The minimum atomic E-state index is -0.699. The Morgan fingerprint density at radius 2 is 2.23 bits per heavy atom. The second-order valence-electron chi connectivity index (χ2n) is 9.08. The molecule has 1 spiro atoms. The van der Waals surface area contributed by atoms with Gasteiger partial charge in [0.15, 0.2) is 0 Å². The molecule has 4 aliphatic rings. The van der Waals surface area contributed by atoms with E-state index in [1.54, 1.807) is 0 Å². The number of rotatable bonds is 3. The number of carbonyl (C=O) groups excluding carboxylic acids is 2. The lowest BCUT2D eigenvalue weighted by Crippen LogP contribution is -2.59. The zero-order valence-electron chi connectivity index (χ0n) is 15.5. The number of allylic oxidation sites excluding steroid dienone is 1. The van der Waals surface area contributed by atoms with Gasteiger partial charge in [-0.25, -0.2) is 0 Å². The number of nitrogens with zero attached hydrogens (tertiary/aromatic N) is 1. The first kappa shape index (κ1) is 17.7. The van der Waals surface area contributed by atoms with Crippen LogP contribution in [-0.4, -0.2) is 29.6 Å². The van der Waals surface area contributed by atoms with Crippen molar-refractivity contribution < 1.29 is 19.4 Å². The van der Waals surface area contributed by atoms with Gasteiger partial charge in [0.1, 0.15) is 5.78 Å². The van der Waals surface area contributed by atoms with Crippen LogP contribution in [0.5, 0.6) is 0 Å². The van der Waals surface area contributed by atoms with E-state index in [-0.39, 0.29) is 41.5 Å². The molecule has 0 aromatic heterocycles. The van der Waals surface area contributed by atoms with Gasteiger partial charge >= 0.3 is 5.97 Å². The van der Waals surface area contributed by atoms with Crippen LogP contribution in [0, 0.1) is 45.3 Å². The van der Waals surface area contributed by atoms with Gasteiger partial charge in [0.05, 0.1) is 24.2 Å². The molecular weight excluding hydrogens is 330 g/mol. The molecule has 0 radical (unpaired) electrons. The van der Waals surface area contributed by atoms with E-state index in [2.05, 4.69) is 18.2 Å². The minimum absolute atomic E-state index is 0.0909. The number of ether oxygens (including phenoxy) is 1. The zero-order chi connectivity index (χ0) is 18.7. The lowest BCUT2D eigenvalue weighted by Gasteiger charge is -2.58. The van der Waals surface area contributed by atoms with Crippen LogP contribution in [0.1, 0.15) is 52.4 Å². The van der Waals surface area contributed by atoms with Crippen LogP contribution < -0.4 is 0 Å². The molecule has 140 valence electrons. The normalized spacial score (nSPS) is 48.6. The second-order valence-corrected chi connectivity index (χ2v) is 9.08. The summed E-state index contributed by atoms with van der Waals surface area (Å²) in [7, 11) is 0. The van der Waals surface area contributed by atoms with Gasteiger partial charge in [0, 0.05) is 30.6 Å². The Morgan fingerprint density at radius 1 is 1.46 bits per heavy atom. The van der Waals surface area contributed by atoms with Crippen LogP contribution in [-0.2, 0) is 14.3 Å². The highest BCUT2D eigenvalue weighted by Crippen LogP contribution is 2.75. The molecule has 4 aliphatic carbocycles. The summed E-state index contributed by atoms with van der Waals surface area (Å²) in [5.41, 5.74) is -1.55. The van der Waals surface area contributed by atoms with Gasteiger partial charge in [0.2, 0.25) is 0 Å². The fourth-order valence-corrected chi connectivity index (χ4v) is 7.33. The average Bonchev–Trinajstić information content (AvgIpc) is 2.69. The van der Waals surface area contributed by atoms with Crippen LogP contribution in [0.2, 0.25) is 0 Å². The Bertz CT molecular complexity index is 724. The highest BCUT2D eigenvalue weighted by atomic mass is 16.5. The molecule has 0 aromatic carbocycles. The Labute approximate surface area is 154 Å². The fraction of sp³-hybridized carbons (Fsp3) is 0.762. The maximum Gasteiger partial charge on any atom is 0.302 e. The molecule has 4 bridgehead atoms. The Kier molecular flexibility index (Phi) is 3.86. The third kappa shape index (κ3) is 2.00. The van der Waals surface area contributed by atoms with Crippen LogP contribution in [0.25, 0.3) is 0 Å². The number of carbonyl (C=O) groups is 2. The summed E-state index contributed by atoms with van der Waals surface area (Å²) in [5.74, 6) is -0.492. The maximum atomic E-state index is 13.3. The number of ketones is 1. The molecule has 3 fully saturated rings. The summed E-state index contributed by atoms with van der Waals surface area (Å²) >= 11 is 0. The molecule has 5 nitrogen and oxygen atoms in total. The summed E-state index contributed by atoms with van der Waals surface area (Å²) < 4.78 is 5.21. The van der Waals surface area contributed by atoms with E-state index in [0.29, 0.717) is 12.8 Å². The van der Waals surface area contributed by atoms with E-state index in [1.165, 1.54) is 6.92 Å². The highest BCUT2D eigenvalue weighted by molar-refractivity contribution is 5.86. The summed E-state index contributed by atoms with van der Waals surface area (Å²) in [6.07, 6.45) is 7.84. The predicted molar refractivity (Wildman–Crippen MR) is 93.5 cm³/mol. The molecule has 4 rings (SSSR count). The van der Waals surface area contributed by atoms with Gasteiger partial charge in [-0.2, -0.15) is 5.26 Å². The lowest BCUT2D eigenvalue weighted by molar-refractivity contribution is -0.162. The van der Waals surface area contributed by atoms with E-state index in [1.807, 2.05) is 6.92 Å². The smallest absolute Gasteiger partial charge is 0.302 e. The first-order valence-corrected chi connectivity index (χ1v) is 9.74. The van der Waals surface area contributed by atoms with Crippen LogP contribution in [0.4, 0.5) is 0 Å².